The van der Waals surface area contributed by atoms with Crippen LogP contribution in [0.4, 0.5) is 0 Å². The number of ether oxygens (including phenoxy) is 1. The highest BCUT2D eigenvalue weighted by molar-refractivity contribution is 6.99. The van der Waals surface area contributed by atoms with Crippen molar-refractivity contribution < 1.29 is 23.3 Å². The van der Waals surface area contributed by atoms with Gasteiger partial charge in [-0.1, -0.05) is 94.8 Å². The molecule has 5 nitrogen and oxygen atoms in total. The second-order valence-electron chi connectivity index (χ2n) is 12.7. The highest BCUT2D eigenvalue weighted by Gasteiger charge is 2.52. The molecule has 0 saturated carbocycles. The van der Waals surface area contributed by atoms with E-state index in [1.54, 1.807) is 0 Å². The maximum Gasteiger partial charge on any atom is 0.462 e. The monoisotopic (exact) mass is 564 g/mol. The van der Waals surface area contributed by atoms with Gasteiger partial charge in [0.15, 0.2) is 0 Å². The zero-order chi connectivity index (χ0) is 29.6. The van der Waals surface area contributed by atoms with Gasteiger partial charge in [-0.25, -0.2) is 4.79 Å². The van der Waals surface area contributed by atoms with Crippen molar-refractivity contribution in [3.63, 3.8) is 0 Å². The maximum atomic E-state index is 13.5. The molecule has 1 heterocycles. The van der Waals surface area contributed by atoms with Crippen molar-refractivity contribution in [1.29, 1.82) is 0 Å². The van der Waals surface area contributed by atoms with Crippen LogP contribution in [-0.4, -0.2) is 45.8 Å². The molecule has 0 aliphatic carbocycles. The molecule has 0 unspecified atom stereocenters. The van der Waals surface area contributed by atoms with Crippen LogP contribution < -0.4 is 10.4 Å². The lowest BCUT2D eigenvalue weighted by atomic mass is 9.78. The molecule has 1 fully saturated rings. The first-order valence-electron chi connectivity index (χ1n) is 14.8. The Morgan fingerprint density at radius 2 is 1.38 bits per heavy atom. The van der Waals surface area contributed by atoms with E-state index in [0.29, 0.717) is 25.1 Å². The zero-order valence-corrected chi connectivity index (χ0v) is 27.1. The molecule has 40 heavy (non-hydrogen) atoms. The summed E-state index contributed by atoms with van der Waals surface area (Å²) in [6.07, 6.45) is 3.04. The number of hydrogen-bond donors (Lipinski definition) is 0. The van der Waals surface area contributed by atoms with Gasteiger partial charge in [0.05, 0.1) is 24.4 Å². The second-order valence-corrected chi connectivity index (χ2v) is 17.1. The minimum absolute atomic E-state index is 0.165. The van der Waals surface area contributed by atoms with Crippen molar-refractivity contribution in [3.8, 4) is 0 Å². The first kappa shape index (κ1) is 32.3. The van der Waals surface area contributed by atoms with E-state index >= 15 is 0 Å². The first-order valence-corrected chi connectivity index (χ1v) is 16.7. The van der Waals surface area contributed by atoms with Crippen LogP contribution in [-0.2, 0) is 23.3 Å². The van der Waals surface area contributed by atoms with E-state index in [0.717, 1.165) is 24.8 Å². The van der Waals surface area contributed by atoms with Crippen molar-refractivity contribution in [3.05, 3.63) is 71.8 Å². The van der Waals surface area contributed by atoms with Gasteiger partial charge in [-0.3, -0.25) is 0 Å². The lowest BCUT2D eigenvalue weighted by Crippen LogP contribution is -2.66. The number of unbranched alkanes of at least 4 members (excludes halogenated alkanes) is 1. The molecule has 1 aliphatic heterocycles. The summed E-state index contributed by atoms with van der Waals surface area (Å²) in [7, 11) is -3.32. The van der Waals surface area contributed by atoms with Crippen molar-refractivity contribution in [2.75, 3.05) is 13.2 Å². The fraction of sp³-hybridized carbons (Fsp3) is 0.545. The summed E-state index contributed by atoms with van der Waals surface area (Å²) < 4.78 is 25.5. The van der Waals surface area contributed by atoms with Gasteiger partial charge in [-0.15, -0.1) is 0 Å². The predicted molar refractivity (Wildman–Crippen MR) is 168 cm³/mol. The third-order valence-electron chi connectivity index (χ3n) is 8.33. The largest absolute Gasteiger partial charge is 0.463 e. The Morgan fingerprint density at radius 3 is 1.80 bits per heavy atom. The van der Waals surface area contributed by atoms with Gasteiger partial charge in [0.1, 0.15) is 0 Å². The van der Waals surface area contributed by atoms with Crippen molar-refractivity contribution >= 4 is 31.8 Å². The summed E-state index contributed by atoms with van der Waals surface area (Å²) in [5.41, 5.74) is 0.633. The molecule has 2 aromatic carbocycles. The lowest BCUT2D eigenvalue weighted by molar-refractivity contribution is -0.138. The average Bonchev–Trinajstić information content (AvgIpc) is 3.11. The minimum atomic E-state index is -2.79. The van der Waals surface area contributed by atoms with Gasteiger partial charge in [0.25, 0.3) is 8.32 Å². The molecular formula is C33H49BO5Si. The van der Waals surface area contributed by atoms with E-state index in [1.165, 1.54) is 10.4 Å². The number of esters is 1. The molecule has 7 heteroatoms. The second kappa shape index (κ2) is 13.2. The molecule has 0 spiro atoms. The van der Waals surface area contributed by atoms with Crippen LogP contribution in [0.2, 0.25) is 11.4 Å². The first-order chi connectivity index (χ1) is 18.8. The molecule has 0 radical (unpaired) electrons. The Labute approximate surface area is 243 Å². The molecule has 0 bridgehead atoms. The Balaban J connectivity index is 2.11. The molecular weight excluding hydrogens is 515 g/mol. The summed E-state index contributed by atoms with van der Waals surface area (Å²) in [4.78, 5) is 13.5. The number of hydrogen-bond acceptors (Lipinski definition) is 5. The third-order valence-corrected chi connectivity index (χ3v) is 13.3. The van der Waals surface area contributed by atoms with Crippen LogP contribution in [0, 0.1) is 0 Å². The summed E-state index contributed by atoms with van der Waals surface area (Å²) in [6, 6.07) is 21.2. The van der Waals surface area contributed by atoms with Gasteiger partial charge in [-0.2, -0.15) is 0 Å². The van der Waals surface area contributed by atoms with Crippen LogP contribution >= 0.6 is 0 Å². The number of carbonyl (C=O) groups is 1. The van der Waals surface area contributed by atoms with E-state index in [-0.39, 0.29) is 11.0 Å². The Hall–Kier alpha value is -2.19. The van der Waals surface area contributed by atoms with E-state index < -0.39 is 26.6 Å². The molecule has 0 N–H and O–H groups in total. The van der Waals surface area contributed by atoms with Crippen molar-refractivity contribution in [2.45, 2.75) is 104 Å². The topological polar surface area (TPSA) is 54.0 Å². The maximum absolute atomic E-state index is 13.5. The average molecular weight is 565 g/mol. The molecule has 0 amide bonds. The fourth-order valence-corrected chi connectivity index (χ4v) is 10.0. The summed E-state index contributed by atoms with van der Waals surface area (Å²) in [5, 5.41) is 2.26. The quantitative estimate of drug-likeness (QED) is 0.163. The lowest BCUT2D eigenvalue weighted by Gasteiger charge is -2.43. The van der Waals surface area contributed by atoms with Gasteiger partial charge >= 0.3 is 13.1 Å². The highest BCUT2D eigenvalue weighted by Crippen LogP contribution is 2.40. The fourth-order valence-electron chi connectivity index (χ4n) is 5.46. The molecule has 2 aromatic rings. The van der Waals surface area contributed by atoms with Crippen LogP contribution in [0.1, 0.15) is 81.6 Å². The van der Waals surface area contributed by atoms with Crippen LogP contribution in [0.3, 0.4) is 0 Å². The third kappa shape index (κ3) is 6.99. The molecule has 1 saturated heterocycles. The molecule has 1 aliphatic rings. The number of benzene rings is 2. The minimum Gasteiger partial charge on any atom is -0.463 e. The van der Waals surface area contributed by atoms with Gasteiger partial charge in [-0.05, 0) is 68.4 Å². The van der Waals surface area contributed by atoms with Crippen molar-refractivity contribution in [1.82, 2.24) is 0 Å². The Bertz CT molecular complexity index is 1080. The molecule has 0 atom stereocenters. The van der Waals surface area contributed by atoms with E-state index in [4.69, 9.17) is 18.5 Å². The summed E-state index contributed by atoms with van der Waals surface area (Å²) in [5.74, 6) is -0.311. The summed E-state index contributed by atoms with van der Waals surface area (Å²) >= 11 is 0. The molecule has 0 aromatic heterocycles. The van der Waals surface area contributed by atoms with Gasteiger partial charge in [0, 0.05) is 11.9 Å². The predicted octanol–water partition coefficient (Wildman–Crippen LogP) is 6.71. The van der Waals surface area contributed by atoms with Crippen LogP contribution in [0.5, 0.6) is 0 Å². The van der Waals surface area contributed by atoms with Crippen molar-refractivity contribution in [2.24, 2.45) is 0 Å². The standard InChI is InChI=1S/C33H49BO5Si/c1-10-12-19-26(29(30(35)36-11-2)24-34-38-32(6,7)33(8,9)39-34)25-37-40(31(3,4)5,27-20-15-13-16-21-27)28-22-17-14-18-23-28/h13-18,20-23H,10-12,19,24-25H2,1-9H3/b29-26-. The number of rotatable bonds is 12. The Morgan fingerprint density at radius 1 is 0.875 bits per heavy atom. The molecule has 218 valence electrons. The van der Waals surface area contributed by atoms with Gasteiger partial charge in [0.2, 0.25) is 0 Å². The SMILES string of the molecule is CCCC/C(CO[Si](c1ccccc1)(c1ccccc1)C(C)(C)C)=C(\CB1OC(C)(C)C(C)(C)O1)C(=O)OCC. The smallest absolute Gasteiger partial charge is 0.462 e. The normalized spacial score (nSPS) is 17.5. The zero-order valence-electron chi connectivity index (χ0n) is 26.1. The van der Waals surface area contributed by atoms with Crippen LogP contribution in [0.15, 0.2) is 71.8 Å². The highest BCUT2D eigenvalue weighted by atomic mass is 28.4. The summed E-state index contributed by atoms with van der Waals surface area (Å²) in [6.45, 7) is 19.6. The van der Waals surface area contributed by atoms with Gasteiger partial charge < -0.3 is 18.5 Å². The number of carbonyl (C=O) groups excluding carboxylic acids is 1. The van der Waals surface area contributed by atoms with E-state index in [2.05, 4.69) is 76.2 Å². The Kier molecular flexibility index (Phi) is 10.7. The van der Waals surface area contributed by atoms with E-state index in [9.17, 15) is 4.79 Å². The molecule has 3 rings (SSSR count). The van der Waals surface area contributed by atoms with Crippen LogP contribution in [0.25, 0.3) is 0 Å². The van der Waals surface area contributed by atoms with E-state index in [1.807, 2.05) is 46.8 Å².